The summed E-state index contributed by atoms with van der Waals surface area (Å²) in [6, 6.07) is 7.71. The number of carbonyl (C=O) groups excluding carboxylic acids is 1. The number of hydrogen-bond donors (Lipinski definition) is 2. The fourth-order valence-corrected chi connectivity index (χ4v) is 2.19. The average Bonchev–Trinajstić information content (AvgIpc) is 2.47. The first kappa shape index (κ1) is 20.1. The van der Waals surface area contributed by atoms with Crippen molar-refractivity contribution in [1.82, 2.24) is 15.5 Å². The van der Waals surface area contributed by atoms with Gasteiger partial charge in [0.05, 0.1) is 0 Å². The topological polar surface area (TPSA) is 66.0 Å². The van der Waals surface area contributed by atoms with Gasteiger partial charge in [0.25, 0.3) is 0 Å². The van der Waals surface area contributed by atoms with Crippen molar-refractivity contribution >= 4 is 23.7 Å². The number of nitrogens with one attached hydrogen (secondary N) is 2. The fourth-order valence-electron chi connectivity index (χ4n) is 1.99. The van der Waals surface area contributed by atoms with Gasteiger partial charge in [-0.2, -0.15) is 0 Å². The Morgan fingerprint density at radius 3 is 2.46 bits per heavy atom. The summed E-state index contributed by atoms with van der Waals surface area (Å²) in [7, 11) is 3.65. The van der Waals surface area contributed by atoms with Gasteiger partial charge in [0.1, 0.15) is 5.60 Å². The lowest BCUT2D eigenvalue weighted by molar-refractivity contribution is 0.0529. The van der Waals surface area contributed by atoms with Gasteiger partial charge in [0, 0.05) is 38.8 Å². The van der Waals surface area contributed by atoms with Crippen LogP contribution in [0.4, 0.5) is 4.79 Å². The molecule has 1 amide bonds. The van der Waals surface area contributed by atoms with Crippen LogP contribution >= 0.6 is 11.6 Å². The van der Waals surface area contributed by atoms with E-state index in [1.54, 1.807) is 7.05 Å². The zero-order valence-electron chi connectivity index (χ0n) is 15.0. The molecular formula is C17H27ClN4O2. The van der Waals surface area contributed by atoms with Crippen LogP contribution in [0.25, 0.3) is 0 Å². The van der Waals surface area contributed by atoms with E-state index in [-0.39, 0.29) is 0 Å². The minimum atomic E-state index is -0.497. The summed E-state index contributed by atoms with van der Waals surface area (Å²) in [4.78, 5) is 17.8. The molecule has 0 aliphatic carbocycles. The van der Waals surface area contributed by atoms with Crippen molar-refractivity contribution in [2.75, 3.05) is 27.2 Å². The van der Waals surface area contributed by atoms with Gasteiger partial charge < -0.3 is 20.3 Å². The molecular weight excluding hydrogens is 328 g/mol. The number of rotatable bonds is 5. The number of guanidine groups is 1. The molecule has 24 heavy (non-hydrogen) atoms. The molecule has 0 aliphatic rings. The maximum absolute atomic E-state index is 11.6. The van der Waals surface area contributed by atoms with Gasteiger partial charge in [-0.05, 0) is 32.4 Å². The largest absolute Gasteiger partial charge is 0.444 e. The van der Waals surface area contributed by atoms with Gasteiger partial charge in [-0.25, -0.2) is 4.79 Å². The van der Waals surface area contributed by atoms with Gasteiger partial charge in [-0.3, -0.25) is 4.99 Å². The maximum Gasteiger partial charge on any atom is 0.407 e. The number of nitrogens with zero attached hydrogens (tertiary/aromatic N) is 2. The summed E-state index contributed by atoms with van der Waals surface area (Å²) in [5, 5.41) is 6.62. The lowest BCUT2D eigenvalue weighted by Gasteiger charge is -2.23. The van der Waals surface area contributed by atoms with Crippen molar-refractivity contribution in [1.29, 1.82) is 0 Å². The van der Waals surface area contributed by atoms with Crippen molar-refractivity contribution in [2.45, 2.75) is 32.9 Å². The summed E-state index contributed by atoms with van der Waals surface area (Å²) in [5.74, 6) is 0.723. The van der Waals surface area contributed by atoms with E-state index in [0.717, 1.165) is 16.5 Å². The fraction of sp³-hybridized carbons (Fsp3) is 0.529. The van der Waals surface area contributed by atoms with Crippen LogP contribution in [0.3, 0.4) is 0 Å². The Kier molecular flexibility index (Phi) is 7.85. The molecule has 0 bridgehead atoms. The van der Waals surface area contributed by atoms with E-state index in [0.29, 0.717) is 19.6 Å². The maximum atomic E-state index is 11.6. The van der Waals surface area contributed by atoms with E-state index in [1.807, 2.05) is 57.0 Å². The lowest BCUT2D eigenvalue weighted by atomic mass is 10.2. The zero-order chi connectivity index (χ0) is 18.2. The molecule has 0 aromatic heterocycles. The van der Waals surface area contributed by atoms with Gasteiger partial charge in [0.2, 0.25) is 0 Å². The Labute approximate surface area is 149 Å². The number of alkyl carbamates (subject to hydrolysis) is 1. The number of hydrogen-bond acceptors (Lipinski definition) is 3. The van der Waals surface area contributed by atoms with E-state index in [1.165, 1.54) is 0 Å². The standard InChI is InChI=1S/C17H27ClN4O2/c1-17(2,3)24-16(23)21-11-10-20-15(19-4)22(5)12-13-8-6-7-9-14(13)18/h6-9H,10-12H2,1-5H3,(H,19,20)(H,21,23). The van der Waals surface area contributed by atoms with Gasteiger partial charge in [-0.1, -0.05) is 29.8 Å². The molecule has 1 aromatic carbocycles. The lowest BCUT2D eigenvalue weighted by Crippen LogP contribution is -2.43. The predicted octanol–water partition coefficient (Wildman–Crippen LogP) is 2.87. The molecule has 2 N–H and O–H groups in total. The molecule has 1 rings (SSSR count). The molecule has 0 fully saturated rings. The highest BCUT2D eigenvalue weighted by Crippen LogP contribution is 2.16. The molecule has 0 unspecified atom stereocenters. The van der Waals surface area contributed by atoms with Crippen LogP contribution in [0.2, 0.25) is 5.02 Å². The van der Waals surface area contributed by atoms with Gasteiger partial charge in [0.15, 0.2) is 5.96 Å². The number of ether oxygens (including phenoxy) is 1. The van der Waals surface area contributed by atoms with Crippen molar-refractivity contribution in [3.63, 3.8) is 0 Å². The van der Waals surface area contributed by atoms with E-state index in [2.05, 4.69) is 15.6 Å². The molecule has 0 aliphatic heterocycles. The average molecular weight is 355 g/mol. The Balaban J connectivity index is 2.40. The van der Waals surface area contributed by atoms with Crippen molar-refractivity contribution in [2.24, 2.45) is 4.99 Å². The Morgan fingerprint density at radius 1 is 1.25 bits per heavy atom. The van der Waals surface area contributed by atoms with Crippen LogP contribution in [0.1, 0.15) is 26.3 Å². The first-order valence-electron chi connectivity index (χ1n) is 7.85. The number of carbonyl (C=O) groups is 1. The summed E-state index contributed by atoms with van der Waals surface area (Å²) >= 11 is 6.18. The van der Waals surface area contributed by atoms with E-state index in [9.17, 15) is 4.79 Å². The van der Waals surface area contributed by atoms with Crippen molar-refractivity contribution < 1.29 is 9.53 Å². The Bertz CT molecular complexity index is 570. The predicted molar refractivity (Wildman–Crippen MR) is 98.5 cm³/mol. The molecule has 0 heterocycles. The van der Waals surface area contributed by atoms with Crippen LogP contribution in [-0.4, -0.2) is 49.7 Å². The Morgan fingerprint density at radius 2 is 1.88 bits per heavy atom. The molecule has 0 saturated heterocycles. The highest BCUT2D eigenvalue weighted by Gasteiger charge is 2.15. The number of halogens is 1. The Hall–Kier alpha value is -1.95. The first-order chi connectivity index (χ1) is 11.2. The third kappa shape index (κ3) is 7.55. The van der Waals surface area contributed by atoms with E-state index < -0.39 is 11.7 Å². The molecule has 0 radical (unpaired) electrons. The normalized spacial score (nSPS) is 11.8. The quantitative estimate of drug-likeness (QED) is 0.485. The zero-order valence-corrected chi connectivity index (χ0v) is 15.8. The molecule has 0 atom stereocenters. The molecule has 134 valence electrons. The number of amides is 1. The second-order valence-electron chi connectivity index (χ2n) is 6.35. The molecule has 0 spiro atoms. The summed E-state index contributed by atoms with van der Waals surface area (Å²) in [5.41, 5.74) is 0.527. The van der Waals surface area contributed by atoms with Gasteiger partial charge in [-0.15, -0.1) is 0 Å². The second-order valence-corrected chi connectivity index (χ2v) is 6.76. The summed E-state index contributed by atoms with van der Waals surface area (Å²) < 4.78 is 5.18. The highest BCUT2D eigenvalue weighted by molar-refractivity contribution is 6.31. The minimum Gasteiger partial charge on any atom is -0.444 e. The molecule has 7 heteroatoms. The number of benzene rings is 1. The van der Waals surface area contributed by atoms with E-state index in [4.69, 9.17) is 16.3 Å². The van der Waals surface area contributed by atoms with Crippen LogP contribution in [-0.2, 0) is 11.3 Å². The van der Waals surface area contributed by atoms with Gasteiger partial charge >= 0.3 is 6.09 Å². The molecule has 0 saturated carbocycles. The van der Waals surface area contributed by atoms with E-state index >= 15 is 0 Å². The smallest absolute Gasteiger partial charge is 0.407 e. The highest BCUT2D eigenvalue weighted by atomic mass is 35.5. The third-order valence-corrected chi connectivity index (χ3v) is 3.38. The van der Waals surface area contributed by atoms with Crippen LogP contribution in [0.15, 0.2) is 29.3 Å². The summed E-state index contributed by atoms with van der Waals surface area (Å²) in [6.45, 7) is 7.11. The van der Waals surface area contributed by atoms with Crippen molar-refractivity contribution in [3.05, 3.63) is 34.9 Å². The van der Waals surface area contributed by atoms with Crippen LogP contribution in [0, 0.1) is 0 Å². The molecule has 6 nitrogen and oxygen atoms in total. The van der Waals surface area contributed by atoms with Crippen molar-refractivity contribution in [3.8, 4) is 0 Å². The monoisotopic (exact) mass is 354 g/mol. The number of aliphatic imine (C=N–C) groups is 1. The molecule has 1 aromatic rings. The summed E-state index contributed by atoms with van der Waals surface area (Å²) in [6.07, 6.45) is -0.427. The van der Waals surface area contributed by atoms with Crippen LogP contribution in [0.5, 0.6) is 0 Å². The first-order valence-corrected chi connectivity index (χ1v) is 8.23. The third-order valence-electron chi connectivity index (χ3n) is 3.02. The SMILES string of the molecule is CN=C(NCCNC(=O)OC(C)(C)C)N(C)Cc1ccccc1Cl. The van der Waals surface area contributed by atoms with Crippen LogP contribution < -0.4 is 10.6 Å². The minimum absolute atomic E-state index is 0.427. The second kappa shape index (κ2) is 9.37.